The highest BCUT2D eigenvalue weighted by atomic mass is 31.2. The molecule has 0 aromatic rings. The number of phosphoric acid groups is 4. The molecule has 1 rings (SSSR count). The van der Waals surface area contributed by atoms with Crippen molar-refractivity contribution in [1.29, 1.82) is 0 Å². The van der Waals surface area contributed by atoms with Crippen LogP contribution in [0.3, 0.4) is 0 Å². The molecule has 56 heavy (non-hydrogen) atoms. The molecule has 8 N–H and O–H groups in total. The zero-order chi connectivity index (χ0) is 41.8. The maximum atomic E-state index is 13.3. The van der Waals surface area contributed by atoms with Crippen LogP contribution in [0.5, 0.6) is 0 Å². The van der Waals surface area contributed by atoms with Crippen molar-refractivity contribution >= 4 is 31.3 Å². The molecule has 336 valence electrons. The average Bonchev–Trinajstić information content (AvgIpc) is 3.10. The van der Waals surface area contributed by atoms with E-state index in [1.807, 2.05) is 0 Å². The molecule has 0 aliphatic carbocycles. The maximum Gasteiger partial charge on any atom is 0.534 e. The van der Waals surface area contributed by atoms with Gasteiger partial charge in [-0.2, -0.15) is 0 Å². The fourth-order valence-electron chi connectivity index (χ4n) is 2.38. The van der Waals surface area contributed by atoms with Gasteiger partial charge in [0.2, 0.25) is 0 Å². The lowest BCUT2D eigenvalue weighted by molar-refractivity contribution is -0.882. The van der Waals surface area contributed by atoms with Gasteiger partial charge >= 0.3 is 31.3 Å². The van der Waals surface area contributed by atoms with Crippen LogP contribution in [0.25, 0.3) is 0 Å². The summed E-state index contributed by atoms with van der Waals surface area (Å²) in [6, 6.07) is 0. The van der Waals surface area contributed by atoms with E-state index >= 15 is 0 Å². The normalized spacial score (nSPS) is 20.7. The molecule has 0 spiro atoms. The predicted octanol–water partition coefficient (Wildman–Crippen LogP) is -2.92. The molecule has 0 aromatic carbocycles. The summed E-state index contributed by atoms with van der Waals surface area (Å²) in [6.07, 6.45) is -9.79. The largest absolute Gasteiger partial charge is 0.534 e. The highest BCUT2D eigenvalue weighted by Crippen LogP contribution is 2.55. The Morgan fingerprint density at radius 2 is 0.768 bits per heavy atom. The van der Waals surface area contributed by atoms with Crippen LogP contribution < -0.4 is 0 Å². The smallest absolute Gasteiger partial charge is 0.370 e. The van der Waals surface area contributed by atoms with Crippen LogP contribution in [0.2, 0.25) is 0 Å². The quantitative estimate of drug-likeness (QED) is 0.0133. The lowest BCUT2D eigenvalue weighted by atomic mass is 10.0. The van der Waals surface area contributed by atoms with E-state index < -0.39 is 68.9 Å². The van der Waals surface area contributed by atoms with Gasteiger partial charge in [-0.3, -0.25) is 18.1 Å². The first kappa shape index (κ1) is 53.3. The van der Waals surface area contributed by atoms with Gasteiger partial charge in [0.1, 0.15) is 24.4 Å². The van der Waals surface area contributed by atoms with Gasteiger partial charge in [-0.05, 0) is 136 Å². The Balaban J connectivity index is 2.91. The van der Waals surface area contributed by atoms with Crippen molar-refractivity contribution in [1.82, 2.24) is 0 Å². The Kier molecular flexibility index (Phi) is 28.8. The SMILES string of the molecule is O=P(O)(O)OCC1OCC(OP(=O)(O)O)[C@H](OP(=O)(O)O)[C@@H]1OP(=O)(OOOOOOOOOOOOOOO)OOOOOOOOOOOOOOOO. The first-order valence-electron chi connectivity index (χ1n) is 11.2. The Labute approximate surface area is 296 Å². The molecule has 50 heteroatoms. The molecule has 0 radical (unpaired) electrons. The van der Waals surface area contributed by atoms with Crippen LogP contribution in [0.15, 0.2) is 0 Å². The van der Waals surface area contributed by atoms with Gasteiger partial charge in [0, 0.05) is 0 Å². The summed E-state index contributed by atoms with van der Waals surface area (Å²) in [5.41, 5.74) is 0. The van der Waals surface area contributed by atoms with E-state index in [9.17, 15) is 37.8 Å². The molecule has 1 fully saturated rings. The van der Waals surface area contributed by atoms with Gasteiger partial charge in [0.25, 0.3) is 0 Å². The van der Waals surface area contributed by atoms with Crippen LogP contribution in [0.4, 0.5) is 0 Å². The zero-order valence-electron chi connectivity index (χ0n) is 24.6. The van der Waals surface area contributed by atoms with E-state index in [1.54, 1.807) is 0 Å². The van der Waals surface area contributed by atoms with Gasteiger partial charge in [0.15, 0.2) is 0 Å². The van der Waals surface area contributed by atoms with Crippen molar-refractivity contribution in [2.24, 2.45) is 0 Å². The third-order valence-corrected chi connectivity index (χ3v) is 6.20. The van der Waals surface area contributed by atoms with Crippen molar-refractivity contribution in [3.63, 3.8) is 0 Å². The van der Waals surface area contributed by atoms with Crippen LogP contribution in [-0.4, -0.2) is 77.5 Å². The first-order chi connectivity index (χ1) is 26.5. The second-order valence-corrected chi connectivity index (χ2v) is 11.9. The first-order valence-corrected chi connectivity index (χ1v) is 17.3. The fraction of sp³-hybridized carbons (Fsp3) is 1.00. The van der Waals surface area contributed by atoms with Crippen molar-refractivity contribution in [3.05, 3.63) is 0 Å². The topological polar surface area (TPSA) is 544 Å². The van der Waals surface area contributed by atoms with Crippen LogP contribution in [-0.2, 0) is 186 Å². The zero-order valence-corrected chi connectivity index (χ0v) is 28.2. The number of ether oxygens (including phenoxy) is 1. The Bertz CT molecular complexity index is 1140. The maximum absolute atomic E-state index is 13.3. The van der Waals surface area contributed by atoms with Gasteiger partial charge in [-0.1, -0.05) is 9.35 Å². The van der Waals surface area contributed by atoms with Crippen LogP contribution >= 0.6 is 31.3 Å². The molecule has 1 aliphatic heterocycles. The highest BCUT2D eigenvalue weighted by molar-refractivity contribution is 7.48. The highest BCUT2D eigenvalue weighted by Gasteiger charge is 2.52. The molecule has 1 saturated heterocycles. The molecule has 3 unspecified atom stereocenters. The van der Waals surface area contributed by atoms with E-state index in [0.29, 0.717) is 0 Å². The summed E-state index contributed by atoms with van der Waals surface area (Å²) in [5, 5.41) is 108. The lowest BCUT2D eigenvalue weighted by Gasteiger charge is -2.41. The molecule has 0 aromatic heterocycles. The minimum absolute atomic E-state index is 1.14. The number of hydrogen-bond donors (Lipinski definition) is 8. The molecule has 5 atom stereocenters. The second kappa shape index (κ2) is 30.3. The Hall–Kier alpha value is -0.760. The van der Waals surface area contributed by atoms with Crippen molar-refractivity contribution in [2.75, 3.05) is 13.2 Å². The van der Waals surface area contributed by atoms with Gasteiger partial charge in [0.05, 0.1) is 13.2 Å². The number of phosphoric ester groups is 3. The summed E-state index contributed by atoms with van der Waals surface area (Å²) in [4.78, 5) is 55.3. The minimum atomic E-state index is -6.01. The molecule has 46 nitrogen and oxygen atoms in total. The fourth-order valence-corrected chi connectivity index (χ4v) is 4.68. The minimum Gasteiger partial charge on any atom is -0.370 e. The summed E-state index contributed by atoms with van der Waals surface area (Å²) in [6.45, 7) is -2.54. The van der Waals surface area contributed by atoms with Crippen molar-refractivity contribution < 1.29 is 226 Å². The number of rotatable bonds is 38. The molecule has 0 saturated carbocycles. The third-order valence-electron chi connectivity index (χ3n) is 3.66. The molecular formula is C6H16O46P4. The second-order valence-electron chi connectivity index (χ2n) is 6.87. The predicted molar refractivity (Wildman–Crippen MR) is 111 cm³/mol. The lowest BCUT2D eigenvalue weighted by Crippen LogP contribution is -2.56. The number of hydrogen-bond acceptors (Lipinski definition) is 40. The monoisotopic (exact) mass is 948 g/mol. The van der Waals surface area contributed by atoms with Crippen molar-refractivity contribution in [3.8, 4) is 0 Å². The molecule has 0 bridgehead atoms. The molecular weight excluding hydrogens is 932 g/mol. The van der Waals surface area contributed by atoms with E-state index in [4.69, 9.17) is 29.6 Å². The summed E-state index contributed by atoms with van der Waals surface area (Å²) >= 11 is 0. The average molecular weight is 948 g/mol. The molecule has 1 aliphatic rings. The third kappa shape index (κ3) is 29.4. The summed E-state index contributed by atoms with van der Waals surface area (Å²) < 4.78 is 78.5. The Morgan fingerprint density at radius 1 is 0.429 bits per heavy atom. The summed E-state index contributed by atoms with van der Waals surface area (Å²) in [7, 11) is -22.9. The van der Waals surface area contributed by atoms with E-state index in [-0.39, 0.29) is 0 Å². The van der Waals surface area contributed by atoms with Gasteiger partial charge in [-0.25, -0.2) is 28.8 Å². The van der Waals surface area contributed by atoms with E-state index in [0.717, 1.165) is 0 Å². The van der Waals surface area contributed by atoms with E-state index in [2.05, 4.69) is 159 Å². The standard InChI is InChI=1S/C6H16O46P4/c7-24-26-28-30-32-34-36-38-40-42-44-46-48-50-52-56(18,51-49-47-45-43-41-39-37-35-33-31-29-27-25-8)23-5-3(2-20-53(9,10)11)19-1-4(21-54(12,13)14)6(5)22-55(15,16)17/h3-8H,1-2H2,(H2,9,10,11)(H2,12,13,14)(H2,15,16,17)/t3?,4?,5-,6+,56?/m1/s1. The van der Waals surface area contributed by atoms with Gasteiger partial charge < -0.3 is 34.1 Å². The van der Waals surface area contributed by atoms with Gasteiger partial charge in [-0.15, -0.1) is 0 Å². The summed E-state index contributed by atoms with van der Waals surface area (Å²) in [5.74, 6) is 0. The van der Waals surface area contributed by atoms with Crippen molar-refractivity contribution in [2.45, 2.75) is 24.4 Å². The van der Waals surface area contributed by atoms with E-state index in [1.165, 1.54) is 0 Å². The molecule has 1 heterocycles. The van der Waals surface area contributed by atoms with Crippen LogP contribution in [0, 0.1) is 0 Å². The van der Waals surface area contributed by atoms with Crippen LogP contribution in [0.1, 0.15) is 0 Å². The Morgan fingerprint density at radius 3 is 1.09 bits per heavy atom. The molecule has 0 amide bonds.